The molecule has 2 aromatic heterocycles. The number of imidazole rings is 1. The van der Waals surface area contributed by atoms with Crippen molar-refractivity contribution in [2.75, 3.05) is 17.2 Å². The number of amides is 1. The second-order valence-electron chi connectivity index (χ2n) is 6.51. The highest BCUT2D eigenvalue weighted by atomic mass is 79.9. The standard InChI is InChI=1S/C21H19BrN6O2/c1-28-18-7-6-15(30-16-8-9-24-19(11-16)27-20(29)12-23)10-17(18)26-21(28)25-14-4-2-13(22)3-5-14/h2-11H,12,23H2,1H3,(H,25,26)(H,24,27,29). The van der Waals surface area contributed by atoms with E-state index in [2.05, 4.69) is 36.5 Å². The first-order valence-corrected chi connectivity index (χ1v) is 9.94. The minimum absolute atomic E-state index is 0.111. The van der Waals surface area contributed by atoms with Crippen LogP contribution in [0.5, 0.6) is 11.5 Å². The number of ether oxygens (including phenoxy) is 1. The van der Waals surface area contributed by atoms with E-state index >= 15 is 0 Å². The van der Waals surface area contributed by atoms with Crippen LogP contribution in [0.2, 0.25) is 0 Å². The van der Waals surface area contributed by atoms with Crippen molar-refractivity contribution in [1.82, 2.24) is 14.5 Å². The summed E-state index contributed by atoms with van der Waals surface area (Å²) in [7, 11) is 1.95. The molecule has 0 radical (unpaired) electrons. The number of halogens is 1. The average molecular weight is 467 g/mol. The highest BCUT2D eigenvalue weighted by molar-refractivity contribution is 9.10. The van der Waals surface area contributed by atoms with Crippen LogP contribution in [-0.4, -0.2) is 27.0 Å². The maximum absolute atomic E-state index is 11.4. The second-order valence-corrected chi connectivity index (χ2v) is 7.42. The fraction of sp³-hybridized carbons (Fsp3) is 0.0952. The van der Waals surface area contributed by atoms with E-state index in [0.717, 1.165) is 27.1 Å². The van der Waals surface area contributed by atoms with Crippen molar-refractivity contribution in [3.63, 3.8) is 0 Å². The highest BCUT2D eigenvalue weighted by Crippen LogP contribution is 2.28. The number of carbonyl (C=O) groups is 1. The summed E-state index contributed by atoms with van der Waals surface area (Å²) in [5, 5.41) is 5.92. The number of anilines is 3. The summed E-state index contributed by atoms with van der Waals surface area (Å²) in [6.45, 7) is -0.111. The van der Waals surface area contributed by atoms with Gasteiger partial charge in [-0.1, -0.05) is 15.9 Å². The van der Waals surface area contributed by atoms with Crippen LogP contribution >= 0.6 is 15.9 Å². The summed E-state index contributed by atoms with van der Waals surface area (Å²) in [6, 6.07) is 16.9. The number of nitrogens with zero attached hydrogens (tertiary/aromatic N) is 3. The normalized spacial score (nSPS) is 10.8. The monoisotopic (exact) mass is 466 g/mol. The van der Waals surface area contributed by atoms with E-state index in [0.29, 0.717) is 17.3 Å². The summed E-state index contributed by atoms with van der Waals surface area (Å²) in [5.74, 6) is 1.95. The molecule has 4 N–H and O–H groups in total. The molecule has 0 saturated carbocycles. The smallest absolute Gasteiger partial charge is 0.239 e. The first kappa shape index (κ1) is 19.9. The van der Waals surface area contributed by atoms with Gasteiger partial charge in [0.25, 0.3) is 0 Å². The number of rotatable bonds is 6. The lowest BCUT2D eigenvalue weighted by atomic mass is 10.3. The number of aryl methyl sites for hydroxylation is 1. The Bertz CT molecular complexity index is 1210. The van der Waals surface area contributed by atoms with Crippen molar-refractivity contribution in [2.45, 2.75) is 0 Å². The average Bonchev–Trinajstić information content (AvgIpc) is 3.04. The SMILES string of the molecule is Cn1c(Nc2ccc(Br)cc2)nc2cc(Oc3ccnc(NC(=O)CN)c3)ccc21. The van der Waals surface area contributed by atoms with E-state index in [-0.39, 0.29) is 12.5 Å². The molecule has 4 aromatic rings. The Kier molecular flexibility index (Phi) is 5.64. The number of hydrogen-bond acceptors (Lipinski definition) is 6. The lowest BCUT2D eigenvalue weighted by Crippen LogP contribution is -2.22. The van der Waals surface area contributed by atoms with Gasteiger partial charge in [0.1, 0.15) is 17.3 Å². The molecule has 9 heteroatoms. The molecule has 1 amide bonds. The van der Waals surface area contributed by atoms with Crippen molar-refractivity contribution < 1.29 is 9.53 Å². The molecule has 2 aromatic carbocycles. The maximum atomic E-state index is 11.4. The van der Waals surface area contributed by atoms with Gasteiger partial charge in [-0.2, -0.15) is 0 Å². The Labute approximate surface area is 181 Å². The van der Waals surface area contributed by atoms with E-state index in [1.54, 1.807) is 18.3 Å². The van der Waals surface area contributed by atoms with E-state index in [9.17, 15) is 4.79 Å². The zero-order valence-electron chi connectivity index (χ0n) is 16.1. The number of nitrogens with one attached hydrogen (secondary N) is 2. The van der Waals surface area contributed by atoms with E-state index in [1.807, 2.05) is 54.1 Å². The van der Waals surface area contributed by atoms with E-state index in [4.69, 9.17) is 10.5 Å². The van der Waals surface area contributed by atoms with Crippen LogP contribution in [0.4, 0.5) is 17.5 Å². The van der Waals surface area contributed by atoms with Crippen molar-refractivity contribution in [3.8, 4) is 11.5 Å². The van der Waals surface area contributed by atoms with Crippen molar-refractivity contribution >= 4 is 50.3 Å². The van der Waals surface area contributed by atoms with E-state index in [1.165, 1.54) is 0 Å². The predicted octanol–water partition coefficient (Wildman–Crippen LogP) is 4.16. The van der Waals surface area contributed by atoms with Gasteiger partial charge >= 0.3 is 0 Å². The summed E-state index contributed by atoms with van der Waals surface area (Å²) < 4.78 is 8.92. The highest BCUT2D eigenvalue weighted by Gasteiger charge is 2.10. The lowest BCUT2D eigenvalue weighted by molar-refractivity contribution is -0.114. The first-order chi connectivity index (χ1) is 14.5. The molecule has 152 valence electrons. The summed E-state index contributed by atoms with van der Waals surface area (Å²) >= 11 is 3.44. The van der Waals surface area contributed by atoms with Gasteiger partial charge < -0.3 is 25.7 Å². The van der Waals surface area contributed by atoms with Crippen molar-refractivity contribution in [3.05, 3.63) is 65.3 Å². The fourth-order valence-corrected chi connectivity index (χ4v) is 3.15. The third kappa shape index (κ3) is 4.42. The number of hydrogen-bond donors (Lipinski definition) is 3. The van der Waals surface area contributed by atoms with Crippen LogP contribution in [-0.2, 0) is 11.8 Å². The third-order valence-corrected chi connectivity index (χ3v) is 4.90. The number of aromatic nitrogens is 3. The van der Waals surface area contributed by atoms with Crippen LogP contribution in [0.1, 0.15) is 0 Å². The molecule has 0 saturated heterocycles. The molecule has 30 heavy (non-hydrogen) atoms. The first-order valence-electron chi connectivity index (χ1n) is 9.15. The molecular formula is C21H19BrN6O2. The third-order valence-electron chi connectivity index (χ3n) is 4.37. The number of fused-ring (bicyclic) bond motifs is 1. The molecule has 0 fully saturated rings. The van der Waals surface area contributed by atoms with Gasteiger partial charge in [-0.05, 0) is 42.5 Å². The molecule has 4 rings (SSSR count). The van der Waals surface area contributed by atoms with Crippen molar-refractivity contribution in [2.24, 2.45) is 12.8 Å². The Hall–Kier alpha value is -3.43. The van der Waals surface area contributed by atoms with Gasteiger partial charge in [-0.15, -0.1) is 0 Å². The minimum atomic E-state index is -0.319. The van der Waals surface area contributed by atoms with E-state index < -0.39 is 0 Å². The molecule has 0 spiro atoms. The molecule has 0 bridgehead atoms. The molecule has 2 heterocycles. The summed E-state index contributed by atoms with van der Waals surface area (Å²) in [6.07, 6.45) is 1.56. The Morgan fingerprint density at radius 2 is 1.90 bits per heavy atom. The molecule has 0 aliphatic heterocycles. The number of carbonyl (C=O) groups excluding carboxylic acids is 1. The number of benzene rings is 2. The van der Waals surface area contributed by atoms with Gasteiger partial charge in [-0.3, -0.25) is 4.79 Å². The van der Waals surface area contributed by atoms with Gasteiger partial charge in [0, 0.05) is 35.5 Å². The number of pyridine rings is 1. The Balaban J connectivity index is 1.56. The second kappa shape index (κ2) is 8.52. The largest absolute Gasteiger partial charge is 0.457 e. The van der Waals surface area contributed by atoms with Gasteiger partial charge in [-0.25, -0.2) is 9.97 Å². The van der Waals surface area contributed by atoms with Gasteiger partial charge in [0.05, 0.1) is 17.6 Å². The Morgan fingerprint density at radius 1 is 1.13 bits per heavy atom. The zero-order valence-corrected chi connectivity index (χ0v) is 17.7. The van der Waals surface area contributed by atoms with Crippen molar-refractivity contribution in [1.29, 1.82) is 0 Å². The van der Waals surface area contributed by atoms with Gasteiger partial charge in [0.15, 0.2) is 0 Å². The molecule has 0 aliphatic carbocycles. The summed E-state index contributed by atoms with van der Waals surface area (Å²) in [4.78, 5) is 20.2. The topological polar surface area (TPSA) is 107 Å². The Morgan fingerprint density at radius 3 is 2.67 bits per heavy atom. The van der Waals surface area contributed by atoms with Crippen LogP contribution < -0.4 is 21.1 Å². The lowest BCUT2D eigenvalue weighted by Gasteiger charge is -2.08. The van der Waals surface area contributed by atoms with Crippen LogP contribution in [0.25, 0.3) is 11.0 Å². The summed E-state index contributed by atoms with van der Waals surface area (Å²) in [5.41, 5.74) is 8.02. The van der Waals surface area contributed by atoms with Crippen LogP contribution in [0.15, 0.2) is 65.3 Å². The molecule has 8 nitrogen and oxygen atoms in total. The zero-order chi connectivity index (χ0) is 21.1. The fourth-order valence-electron chi connectivity index (χ4n) is 2.89. The van der Waals surface area contributed by atoms with Crippen LogP contribution in [0.3, 0.4) is 0 Å². The number of nitrogens with two attached hydrogens (primary N) is 1. The molecule has 0 atom stereocenters. The molecule has 0 aliphatic rings. The predicted molar refractivity (Wildman–Crippen MR) is 120 cm³/mol. The molecule has 0 unspecified atom stereocenters. The minimum Gasteiger partial charge on any atom is -0.457 e. The van der Waals surface area contributed by atoms with Crippen LogP contribution in [0, 0.1) is 0 Å². The molecular weight excluding hydrogens is 448 g/mol. The quantitative estimate of drug-likeness (QED) is 0.393. The van der Waals surface area contributed by atoms with Gasteiger partial charge in [0.2, 0.25) is 11.9 Å². The maximum Gasteiger partial charge on any atom is 0.239 e.